The molecule has 5 N–H and O–H groups in total. The number of hydrogen-bond donors (Lipinski definition) is 5. The molecule has 2 aromatic carbocycles. The van der Waals surface area contributed by atoms with Gasteiger partial charge in [0.05, 0.1) is 34.8 Å². The van der Waals surface area contributed by atoms with Gasteiger partial charge in [0.25, 0.3) is 0 Å². The second-order valence-electron chi connectivity index (χ2n) is 9.70. The Balaban J connectivity index is 1.30. The average Bonchev–Trinajstić information content (AvgIpc) is 3.30. The zero-order valence-corrected chi connectivity index (χ0v) is 20.7. The van der Waals surface area contributed by atoms with Crippen LogP contribution in [0.3, 0.4) is 0 Å². The molecule has 0 bridgehead atoms. The van der Waals surface area contributed by atoms with Crippen LogP contribution in [-0.2, 0) is 6.42 Å². The number of benzene rings is 2. The van der Waals surface area contributed by atoms with Crippen molar-refractivity contribution in [1.29, 1.82) is 0 Å². The molecule has 1 aliphatic heterocycles. The summed E-state index contributed by atoms with van der Waals surface area (Å²) in [5.41, 5.74) is 3.16. The van der Waals surface area contributed by atoms with Gasteiger partial charge in [-0.1, -0.05) is 42.5 Å². The molecule has 36 heavy (non-hydrogen) atoms. The summed E-state index contributed by atoms with van der Waals surface area (Å²) in [7, 11) is 0. The molecule has 5 atom stereocenters. The van der Waals surface area contributed by atoms with E-state index in [0.717, 1.165) is 34.0 Å². The first-order valence-corrected chi connectivity index (χ1v) is 13.2. The fraction of sp³-hybridized carbons (Fsp3) is 0.370. The lowest BCUT2D eigenvalue weighted by Crippen LogP contribution is -2.42. The standard InChI is InChI=1S/C27H29N5O3S/c1-15-22(20-14-36-21-10-6-5-9-18(21)30-20)25(31-19-13-17-23(33)27(17,35)24(19)34)32-26(29-15)28-12-11-16-7-3-2-4-8-16/h2-10,17,19,23-24,33-35H,11-14H2,1H3,(H2,28,29,31,32)/t17-,19-,23?,24+,27+/m1/s1. The zero-order chi connectivity index (χ0) is 24.9. The molecule has 2 saturated carbocycles. The molecule has 3 aromatic rings. The summed E-state index contributed by atoms with van der Waals surface area (Å²) >= 11 is 1.72. The first-order valence-electron chi connectivity index (χ1n) is 12.3. The van der Waals surface area contributed by atoms with Crippen molar-refractivity contribution in [3.8, 4) is 0 Å². The van der Waals surface area contributed by atoms with Crippen molar-refractivity contribution in [2.45, 2.75) is 48.5 Å². The lowest BCUT2D eigenvalue weighted by molar-refractivity contribution is -0.0262. The third-order valence-electron chi connectivity index (χ3n) is 7.43. The molecular weight excluding hydrogens is 474 g/mol. The molecule has 186 valence electrons. The van der Waals surface area contributed by atoms with E-state index in [2.05, 4.69) is 28.8 Å². The van der Waals surface area contributed by atoms with Crippen LogP contribution in [-0.4, -0.2) is 67.1 Å². The maximum absolute atomic E-state index is 10.8. The molecule has 2 fully saturated rings. The Morgan fingerprint density at radius 2 is 1.81 bits per heavy atom. The lowest BCUT2D eigenvalue weighted by Gasteiger charge is -2.26. The molecule has 2 heterocycles. The fourth-order valence-corrected chi connectivity index (χ4v) is 6.32. The van der Waals surface area contributed by atoms with E-state index in [0.29, 0.717) is 30.5 Å². The van der Waals surface area contributed by atoms with E-state index in [-0.39, 0.29) is 5.92 Å². The van der Waals surface area contributed by atoms with Crippen molar-refractivity contribution in [1.82, 2.24) is 9.97 Å². The van der Waals surface area contributed by atoms with Crippen LogP contribution >= 0.6 is 11.8 Å². The van der Waals surface area contributed by atoms with E-state index < -0.39 is 23.9 Å². The number of aliphatic hydroxyl groups excluding tert-OH is 2. The van der Waals surface area contributed by atoms with Crippen molar-refractivity contribution in [3.63, 3.8) is 0 Å². The van der Waals surface area contributed by atoms with E-state index in [4.69, 9.17) is 15.0 Å². The van der Waals surface area contributed by atoms with Gasteiger partial charge in [-0.3, -0.25) is 4.99 Å². The van der Waals surface area contributed by atoms with Gasteiger partial charge >= 0.3 is 0 Å². The summed E-state index contributed by atoms with van der Waals surface area (Å²) in [5.74, 6) is 1.42. The van der Waals surface area contributed by atoms with Crippen molar-refractivity contribution < 1.29 is 15.3 Å². The predicted molar refractivity (Wildman–Crippen MR) is 141 cm³/mol. The summed E-state index contributed by atoms with van der Waals surface area (Å²) in [6.07, 6.45) is -0.661. The fourth-order valence-electron chi connectivity index (χ4n) is 5.39. The van der Waals surface area contributed by atoms with Crippen molar-refractivity contribution >= 4 is 34.9 Å². The lowest BCUT2D eigenvalue weighted by atomic mass is 10.1. The molecule has 2 aliphatic carbocycles. The van der Waals surface area contributed by atoms with E-state index in [9.17, 15) is 15.3 Å². The molecule has 0 radical (unpaired) electrons. The predicted octanol–water partition coefficient (Wildman–Crippen LogP) is 2.93. The highest BCUT2D eigenvalue weighted by molar-refractivity contribution is 8.00. The van der Waals surface area contributed by atoms with Crippen LogP contribution in [0.1, 0.15) is 23.2 Å². The minimum Gasteiger partial charge on any atom is -0.390 e. The SMILES string of the molecule is Cc1nc(NCCc2ccccc2)nc(N[C@@H]2C[C@@H]3C(O)[C@]3(O)[C@H]2O)c1C1=Nc2ccccc2SC1. The van der Waals surface area contributed by atoms with Crippen LogP contribution in [0.2, 0.25) is 0 Å². The quantitative estimate of drug-likeness (QED) is 0.334. The Hall–Kier alpha value is -2.98. The molecule has 8 nitrogen and oxygen atoms in total. The van der Waals surface area contributed by atoms with Crippen LogP contribution in [0.15, 0.2) is 64.5 Å². The van der Waals surface area contributed by atoms with E-state index >= 15 is 0 Å². The first-order chi connectivity index (χ1) is 17.4. The zero-order valence-electron chi connectivity index (χ0n) is 19.9. The number of nitrogens with zero attached hydrogens (tertiary/aromatic N) is 3. The average molecular weight is 504 g/mol. The Kier molecular flexibility index (Phi) is 5.95. The largest absolute Gasteiger partial charge is 0.390 e. The van der Waals surface area contributed by atoms with Gasteiger partial charge < -0.3 is 26.0 Å². The Morgan fingerprint density at radius 3 is 2.58 bits per heavy atom. The van der Waals surface area contributed by atoms with Crippen molar-refractivity contribution in [2.75, 3.05) is 22.9 Å². The summed E-state index contributed by atoms with van der Waals surface area (Å²) in [6.45, 7) is 2.62. The normalized spacial score (nSPS) is 28.2. The number of rotatable bonds is 7. The van der Waals surface area contributed by atoms with Crippen LogP contribution < -0.4 is 10.6 Å². The summed E-state index contributed by atoms with van der Waals surface area (Å²) < 4.78 is 0. The Labute approximate surface area is 213 Å². The minimum absolute atomic E-state index is 0.325. The van der Waals surface area contributed by atoms with Crippen LogP contribution in [0, 0.1) is 12.8 Å². The number of aromatic nitrogens is 2. The van der Waals surface area contributed by atoms with Gasteiger partial charge in [-0.2, -0.15) is 4.98 Å². The molecule has 0 amide bonds. The third kappa shape index (κ3) is 4.06. The number of aliphatic imine (C=N–C) groups is 1. The molecular formula is C27H29N5O3S. The van der Waals surface area contributed by atoms with Gasteiger partial charge in [0.2, 0.25) is 5.95 Å². The topological polar surface area (TPSA) is 123 Å². The van der Waals surface area contributed by atoms with Gasteiger partial charge in [-0.15, -0.1) is 11.8 Å². The summed E-state index contributed by atoms with van der Waals surface area (Å²) in [6, 6.07) is 17.8. The van der Waals surface area contributed by atoms with E-state index in [1.165, 1.54) is 5.56 Å². The van der Waals surface area contributed by atoms with E-state index in [1.807, 2.05) is 43.3 Å². The van der Waals surface area contributed by atoms with E-state index in [1.54, 1.807) is 11.8 Å². The van der Waals surface area contributed by atoms with Gasteiger partial charge in [-0.05, 0) is 37.5 Å². The number of hydrogen-bond acceptors (Lipinski definition) is 9. The Bertz CT molecular complexity index is 1320. The highest BCUT2D eigenvalue weighted by Gasteiger charge is 2.74. The molecule has 1 unspecified atom stereocenters. The number of fused-ring (bicyclic) bond motifs is 2. The van der Waals surface area contributed by atoms with Crippen LogP contribution in [0.5, 0.6) is 0 Å². The number of thioether (sulfide) groups is 1. The number of aliphatic hydroxyl groups is 3. The van der Waals surface area contributed by atoms with Gasteiger partial charge in [0, 0.05) is 23.1 Å². The molecule has 0 saturated heterocycles. The van der Waals surface area contributed by atoms with Crippen molar-refractivity contribution in [3.05, 3.63) is 71.4 Å². The minimum atomic E-state index is -1.44. The van der Waals surface area contributed by atoms with Crippen LogP contribution in [0.4, 0.5) is 17.5 Å². The first kappa shape index (κ1) is 23.4. The van der Waals surface area contributed by atoms with Gasteiger partial charge in [0.15, 0.2) is 0 Å². The highest BCUT2D eigenvalue weighted by Crippen LogP contribution is 2.56. The third-order valence-corrected chi connectivity index (χ3v) is 8.50. The molecule has 6 rings (SSSR count). The maximum atomic E-state index is 10.8. The summed E-state index contributed by atoms with van der Waals surface area (Å²) in [5, 5.41) is 38.1. The van der Waals surface area contributed by atoms with Crippen LogP contribution in [0.25, 0.3) is 0 Å². The Morgan fingerprint density at radius 1 is 1.03 bits per heavy atom. The second-order valence-corrected chi connectivity index (χ2v) is 10.7. The van der Waals surface area contributed by atoms with Gasteiger partial charge in [0.1, 0.15) is 17.5 Å². The number of nitrogens with one attached hydrogen (secondary N) is 2. The summed E-state index contributed by atoms with van der Waals surface area (Å²) in [4.78, 5) is 15.6. The second kappa shape index (κ2) is 9.15. The molecule has 1 aromatic heterocycles. The smallest absolute Gasteiger partial charge is 0.224 e. The maximum Gasteiger partial charge on any atom is 0.224 e. The monoisotopic (exact) mass is 503 g/mol. The van der Waals surface area contributed by atoms with Crippen molar-refractivity contribution in [2.24, 2.45) is 10.9 Å². The number of anilines is 2. The molecule has 3 aliphatic rings. The number of para-hydroxylation sites is 1. The molecule has 0 spiro atoms. The number of aryl methyl sites for hydroxylation is 1. The highest BCUT2D eigenvalue weighted by atomic mass is 32.2. The van der Waals surface area contributed by atoms with Gasteiger partial charge in [-0.25, -0.2) is 4.98 Å². The molecule has 9 heteroatoms.